The molecule has 4 rings (SSSR count). The predicted octanol–water partition coefficient (Wildman–Crippen LogP) is 5.53. The summed E-state index contributed by atoms with van der Waals surface area (Å²) in [5, 5.41) is 24.1. The number of carbonyl (C=O) groups excluding carboxylic acids is 2. The number of ether oxygens (including phenoxy) is 1. The zero-order valence-corrected chi connectivity index (χ0v) is 25.0. The first kappa shape index (κ1) is 31.8. The van der Waals surface area contributed by atoms with Gasteiger partial charge in [-0.1, -0.05) is 100.0 Å². The maximum absolute atomic E-state index is 13.5. The summed E-state index contributed by atoms with van der Waals surface area (Å²) in [6.07, 6.45) is 1.88. The molecule has 12 nitrogen and oxygen atoms in total. The molecule has 0 spiro atoms. The van der Waals surface area contributed by atoms with Crippen molar-refractivity contribution in [1.82, 2.24) is 25.5 Å². The topological polar surface area (TPSA) is 153 Å². The second-order valence-corrected chi connectivity index (χ2v) is 10.7. The Labute approximate surface area is 255 Å². The number of nitrogens with zero attached hydrogens (tertiary/aromatic N) is 5. The van der Waals surface area contributed by atoms with Crippen LogP contribution in [0.5, 0.6) is 0 Å². The number of nitrogens with one attached hydrogen (secondary N) is 1. The molecule has 0 saturated heterocycles. The molecule has 0 radical (unpaired) electrons. The zero-order chi connectivity index (χ0) is 31.5. The number of aromatic amines is 1. The molecule has 1 amide bonds. The number of aromatic nitrogens is 4. The van der Waals surface area contributed by atoms with Gasteiger partial charge in [0.2, 0.25) is 11.7 Å². The van der Waals surface area contributed by atoms with E-state index in [1.165, 1.54) is 0 Å². The van der Waals surface area contributed by atoms with Crippen LogP contribution in [0.2, 0.25) is 0 Å². The Kier molecular flexibility index (Phi) is 11.1. The molecule has 1 N–H and O–H groups in total. The van der Waals surface area contributed by atoms with E-state index in [9.17, 15) is 19.7 Å². The van der Waals surface area contributed by atoms with E-state index in [1.807, 2.05) is 69.3 Å². The van der Waals surface area contributed by atoms with Crippen molar-refractivity contribution in [2.75, 3.05) is 0 Å². The van der Waals surface area contributed by atoms with Crippen LogP contribution in [-0.4, -0.2) is 48.5 Å². The first-order valence-electron chi connectivity index (χ1n) is 14.5. The number of benzene rings is 3. The minimum Gasteiger partial charge on any atom is -0.459 e. The molecule has 44 heavy (non-hydrogen) atoms. The van der Waals surface area contributed by atoms with Crippen molar-refractivity contribution < 1.29 is 24.3 Å². The highest BCUT2D eigenvalue weighted by atomic mass is 16.9. The Bertz CT molecular complexity index is 1540. The fourth-order valence-corrected chi connectivity index (χ4v) is 4.94. The number of unbranched alkanes of at least 4 members (excludes halogenated alkanes) is 1. The van der Waals surface area contributed by atoms with Crippen molar-refractivity contribution in [3.8, 4) is 22.5 Å². The highest BCUT2D eigenvalue weighted by Crippen LogP contribution is 2.30. The average molecular weight is 601 g/mol. The SMILES string of the molecule is CCCCC(=O)N(Cc1ccc(-c2ccccc2-c2nn[nH]n2)cc1)[C@H](C(=O)OCc1cccc(CO[N+](=O)[O-])c1)C(C)C. The molecular weight excluding hydrogens is 564 g/mol. The van der Waals surface area contributed by atoms with Gasteiger partial charge in [-0.25, -0.2) is 4.79 Å². The molecule has 1 heterocycles. The van der Waals surface area contributed by atoms with Crippen molar-refractivity contribution in [3.05, 3.63) is 99.6 Å². The third kappa shape index (κ3) is 8.46. The summed E-state index contributed by atoms with van der Waals surface area (Å²) < 4.78 is 5.70. The van der Waals surface area contributed by atoms with Gasteiger partial charge >= 0.3 is 5.97 Å². The van der Waals surface area contributed by atoms with E-state index in [-0.39, 0.29) is 31.6 Å². The Balaban J connectivity index is 1.52. The fraction of sp³-hybridized carbons (Fsp3) is 0.344. The van der Waals surface area contributed by atoms with Crippen LogP contribution < -0.4 is 0 Å². The molecule has 0 fully saturated rings. The number of carbonyl (C=O) groups is 2. The monoisotopic (exact) mass is 600 g/mol. The van der Waals surface area contributed by atoms with Crippen LogP contribution in [0.25, 0.3) is 22.5 Å². The predicted molar refractivity (Wildman–Crippen MR) is 162 cm³/mol. The lowest BCUT2D eigenvalue weighted by atomic mass is 9.97. The Hall–Kier alpha value is -5.13. The van der Waals surface area contributed by atoms with Gasteiger partial charge in [0.15, 0.2) is 0 Å². The third-order valence-corrected chi connectivity index (χ3v) is 7.11. The highest BCUT2D eigenvalue weighted by Gasteiger charge is 2.33. The second-order valence-electron chi connectivity index (χ2n) is 10.7. The summed E-state index contributed by atoms with van der Waals surface area (Å²) in [5.41, 5.74) is 4.83. The van der Waals surface area contributed by atoms with E-state index in [0.717, 1.165) is 28.7 Å². The van der Waals surface area contributed by atoms with E-state index in [2.05, 4.69) is 25.5 Å². The number of esters is 1. The fourth-order valence-electron chi connectivity index (χ4n) is 4.94. The maximum atomic E-state index is 13.5. The van der Waals surface area contributed by atoms with Gasteiger partial charge in [-0.2, -0.15) is 5.21 Å². The molecule has 1 atom stereocenters. The van der Waals surface area contributed by atoms with Gasteiger partial charge in [0.05, 0.1) is 0 Å². The Morgan fingerprint density at radius 3 is 2.30 bits per heavy atom. The van der Waals surface area contributed by atoms with Crippen LogP contribution >= 0.6 is 0 Å². The largest absolute Gasteiger partial charge is 0.459 e. The molecule has 0 unspecified atom stereocenters. The summed E-state index contributed by atoms with van der Waals surface area (Å²) in [6, 6.07) is 21.7. The normalized spacial score (nSPS) is 11.6. The van der Waals surface area contributed by atoms with E-state index < -0.39 is 17.1 Å². The number of H-pyrrole nitrogens is 1. The molecule has 0 bridgehead atoms. The van der Waals surface area contributed by atoms with Crippen molar-refractivity contribution in [3.63, 3.8) is 0 Å². The summed E-state index contributed by atoms with van der Waals surface area (Å²) in [7, 11) is 0. The van der Waals surface area contributed by atoms with Gasteiger partial charge in [0.25, 0.3) is 5.09 Å². The van der Waals surface area contributed by atoms with Gasteiger partial charge in [-0.05, 0) is 45.4 Å². The van der Waals surface area contributed by atoms with E-state index >= 15 is 0 Å². The molecule has 1 aromatic heterocycles. The number of hydrogen-bond donors (Lipinski definition) is 1. The summed E-state index contributed by atoms with van der Waals surface area (Å²) >= 11 is 0. The summed E-state index contributed by atoms with van der Waals surface area (Å²) in [5.74, 6) is -0.350. The van der Waals surface area contributed by atoms with Crippen molar-refractivity contribution >= 4 is 11.9 Å². The van der Waals surface area contributed by atoms with Gasteiger partial charge in [0.1, 0.15) is 19.3 Å². The number of hydrogen-bond acceptors (Lipinski definition) is 9. The Morgan fingerprint density at radius 2 is 1.66 bits per heavy atom. The quantitative estimate of drug-likeness (QED) is 0.105. The Morgan fingerprint density at radius 1 is 0.955 bits per heavy atom. The van der Waals surface area contributed by atoms with Crippen LogP contribution in [0.4, 0.5) is 0 Å². The molecule has 0 saturated carbocycles. The van der Waals surface area contributed by atoms with E-state index in [1.54, 1.807) is 29.2 Å². The number of rotatable bonds is 15. The van der Waals surface area contributed by atoms with Gasteiger partial charge in [-0.15, -0.1) is 20.3 Å². The molecular formula is C32H36N6O6. The van der Waals surface area contributed by atoms with Crippen molar-refractivity contribution in [1.29, 1.82) is 0 Å². The number of amides is 1. The van der Waals surface area contributed by atoms with E-state index in [4.69, 9.17) is 4.74 Å². The van der Waals surface area contributed by atoms with Crippen molar-refractivity contribution in [2.24, 2.45) is 5.92 Å². The third-order valence-electron chi connectivity index (χ3n) is 7.11. The van der Waals surface area contributed by atoms with Crippen LogP contribution in [0, 0.1) is 16.0 Å². The van der Waals surface area contributed by atoms with Crippen molar-refractivity contribution in [2.45, 2.75) is 65.8 Å². The molecule has 4 aromatic rings. The first-order chi connectivity index (χ1) is 21.3. The van der Waals surface area contributed by atoms with Crippen LogP contribution in [-0.2, 0) is 38.9 Å². The van der Waals surface area contributed by atoms with Crippen LogP contribution in [0.3, 0.4) is 0 Å². The van der Waals surface area contributed by atoms with Gasteiger partial charge in [0, 0.05) is 18.5 Å². The molecule has 230 valence electrons. The smallest absolute Gasteiger partial charge is 0.329 e. The van der Waals surface area contributed by atoms with Crippen LogP contribution in [0.15, 0.2) is 72.8 Å². The molecule has 0 aliphatic heterocycles. The van der Waals surface area contributed by atoms with Gasteiger partial charge < -0.3 is 14.5 Å². The lowest BCUT2D eigenvalue weighted by Gasteiger charge is -2.33. The standard InChI is InChI=1S/C32H36N6O6/c1-4-5-13-29(39)37(30(22(2)3)32(40)43-20-24-9-8-10-25(18-24)21-44-38(41)42)19-23-14-16-26(17-15-23)27-11-6-7-12-28(27)31-33-35-36-34-31/h6-12,14-18,22,30H,4-5,13,19-21H2,1-3H3,(H,33,34,35,36)/t30-/m0/s1. The summed E-state index contributed by atoms with van der Waals surface area (Å²) in [6.45, 7) is 5.78. The lowest BCUT2D eigenvalue weighted by Crippen LogP contribution is -2.48. The molecule has 0 aliphatic rings. The minimum absolute atomic E-state index is 0.0418. The lowest BCUT2D eigenvalue weighted by molar-refractivity contribution is -0.763. The van der Waals surface area contributed by atoms with E-state index in [0.29, 0.717) is 29.8 Å². The van der Waals surface area contributed by atoms with Gasteiger partial charge in [-0.3, -0.25) is 4.79 Å². The summed E-state index contributed by atoms with van der Waals surface area (Å²) in [4.78, 5) is 43.6. The average Bonchev–Trinajstić information content (AvgIpc) is 3.57. The zero-order valence-electron chi connectivity index (χ0n) is 25.0. The molecule has 12 heteroatoms. The van der Waals surface area contributed by atoms with Crippen LogP contribution in [0.1, 0.15) is 56.7 Å². The first-order valence-corrected chi connectivity index (χ1v) is 14.5. The molecule has 3 aromatic carbocycles. The highest BCUT2D eigenvalue weighted by molar-refractivity contribution is 5.85. The molecule has 0 aliphatic carbocycles. The minimum atomic E-state index is -0.854. The maximum Gasteiger partial charge on any atom is 0.329 e. The second kappa shape index (κ2) is 15.4. The number of tetrazole rings is 1.